The third-order valence-corrected chi connectivity index (χ3v) is 10.2. The zero-order valence-corrected chi connectivity index (χ0v) is 30.6. The van der Waals surface area contributed by atoms with E-state index >= 15 is 0 Å². The van der Waals surface area contributed by atoms with Gasteiger partial charge in [0, 0.05) is 53.6 Å². The lowest BCUT2D eigenvalue weighted by Gasteiger charge is -2.30. The van der Waals surface area contributed by atoms with Crippen LogP contribution < -0.4 is 10.1 Å². The Bertz CT molecular complexity index is 1690. The molecule has 1 heterocycles. The predicted octanol–water partition coefficient (Wildman–Crippen LogP) is 3.53. The first-order chi connectivity index (χ1) is 25.0. The number of unbranched alkanes of at least 4 members (excludes halogenated alkanes) is 1. The number of amides is 2. The monoisotopic (exact) mass is 759 g/mol. The summed E-state index contributed by atoms with van der Waals surface area (Å²) in [5, 5.41) is 52.6. The van der Waals surface area contributed by atoms with Crippen molar-refractivity contribution >= 4 is 35.0 Å². The van der Waals surface area contributed by atoms with E-state index in [2.05, 4.69) is 16.4 Å². The molecule has 0 spiro atoms. The third-order valence-electron chi connectivity index (χ3n) is 9.52. The molecule has 2 fully saturated rings. The number of aliphatic hydroxyl groups is 5. The summed E-state index contributed by atoms with van der Waals surface area (Å²) in [6.07, 6.45) is 2.21. The molecular formula is C38H47Cl2N3O9. The Hall–Kier alpha value is -3.33. The number of nitrogens with zero attached hydrogens (tertiary/aromatic N) is 2. The molecule has 1 aromatic heterocycles. The molecule has 2 amide bonds. The summed E-state index contributed by atoms with van der Waals surface area (Å²) in [5.41, 5.74) is 4.11. The van der Waals surface area contributed by atoms with Gasteiger partial charge in [-0.05, 0) is 85.9 Å². The number of para-hydroxylation sites is 1. The van der Waals surface area contributed by atoms with Crippen LogP contribution in [-0.2, 0) is 33.0 Å². The van der Waals surface area contributed by atoms with Crippen LogP contribution in [0.2, 0.25) is 10.0 Å². The van der Waals surface area contributed by atoms with Crippen molar-refractivity contribution in [3.8, 4) is 16.9 Å². The van der Waals surface area contributed by atoms with Crippen molar-refractivity contribution in [1.82, 2.24) is 15.2 Å². The highest BCUT2D eigenvalue weighted by atomic mass is 35.5. The average Bonchev–Trinajstić information content (AvgIpc) is 4.10. The smallest absolute Gasteiger partial charge is 0.239 e. The van der Waals surface area contributed by atoms with E-state index in [1.165, 1.54) is 7.05 Å². The van der Waals surface area contributed by atoms with E-state index < -0.39 is 55.0 Å². The number of likely N-dealkylation sites (N-methyl/N-ethyl adjacent to an activating group) is 1. The Morgan fingerprint density at radius 3 is 2.37 bits per heavy atom. The highest BCUT2D eigenvalue weighted by molar-refractivity contribution is 6.34. The van der Waals surface area contributed by atoms with Gasteiger partial charge in [0.15, 0.2) is 0 Å². The Morgan fingerprint density at radius 1 is 0.981 bits per heavy atom. The summed E-state index contributed by atoms with van der Waals surface area (Å²) in [7, 11) is 1.40. The van der Waals surface area contributed by atoms with Crippen LogP contribution in [0.4, 0.5) is 0 Å². The summed E-state index contributed by atoms with van der Waals surface area (Å²) in [5.74, 6) is -0.0856. The van der Waals surface area contributed by atoms with Crippen LogP contribution in [-0.4, -0.2) is 104 Å². The SMILES string of the molecule is CNC(=O)CN(CC(O)C(O)C(O)C(O)CO)C(=O)CCCCc1cc(Cl)c(COC2(c3cnccc3-c3ccccc3OC3CC3)CC2)cc1Cl. The average molecular weight is 761 g/mol. The molecule has 282 valence electrons. The van der Waals surface area contributed by atoms with Crippen molar-refractivity contribution in [2.45, 2.75) is 94.1 Å². The van der Waals surface area contributed by atoms with E-state index in [9.17, 15) is 30.0 Å². The van der Waals surface area contributed by atoms with E-state index in [1.807, 2.05) is 42.6 Å². The quantitative estimate of drug-likeness (QED) is 0.0933. The van der Waals surface area contributed by atoms with Crippen molar-refractivity contribution in [2.75, 3.05) is 26.7 Å². The zero-order chi connectivity index (χ0) is 37.4. The highest BCUT2D eigenvalue weighted by Crippen LogP contribution is 2.53. The molecule has 3 aromatic rings. The van der Waals surface area contributed by atoms with Crippen LogP contribution in [0.5, 0.6) is 5.75 Å². The van der Waals surface area contributed by atoms with Crippen molar-refractivity contribution in [1.29, 1.82) is 0 Å². The molecule has 12 nitrogen and oxygen atoms in total. The largest absolute Gasteiger partial charge is 0.490 e. The lowest BCUT2D eigenvalue weighted by molar-refractivity contribution is -0.143. The van der Waals surface area contributed by atoms with Gasteiger partial charge in [0.05, 0.1) is 31.5 Å². The molecule has 4 unspecified atom stereocenters. The standard InChI is InChI=1S/C38H47Cl2N3O9/c1-41-34(47)20-43(19-31(45)36(49)37(50)32(46)21-44)35(48)9-5-2-6-23-16-30(40)24(17-29(23)39)22-51-38(13-14-38)28-18-42-15-12-26(28)27-7-3-4-8-33(27)52-25-10-11-25/h3-4,7-8,12,15-18,25,31-32,36-37,44-46,49-50H,2,5-6,9-11,13-14,19-22H2,1H3,(H,41,47). The van der Waals surface area contributed by atoms with Crippen LogP contribution in [0.3, 0.4) is 0 Å². The number of hydrogen-bond acceptors (Lipinski definition) is 10. The first kappa shape index (κ1) is 39.9. The zero-order valence-electron chi connectivity index (χ0n) is 29.1. The highest BCUT2D eigenvalue weighted by Gasteiger charge is 2.48. The van der Waals surface area contributed by atoms with Crippen LogP contribution in [0.15, 0.2) is 54.9 Å². The molecule has 0 radical (unpaired) electrons. The molecule has 2 aliphatic carbocycles. The molecule has 2 aromatic carbocycles. The van der Waals surface area contributed by atoms with Gasteiger partial charge in [0.25, 0.3) is 0 Å². The van der Waals surface area contributed by atoms with Crippen molar-refractivity contribution < 1.29 is 44.6 Å². The number of benzene rings is 2. The van der Waals surface area contributed by atoms with E-state index in [-0.39, 0.29) is 25.7 Å². The summed E-state index contributed by atoms with van der Waals surface area (Å²) in [6.45, 7) is -1.44. The number of ether oxygens (including phenoxy) is 2. The molecule has 2 saturated carbocycles. The Labute approximate surface area is 313 Å². The maximum absolute atomic E-state index is 13.0. The first-order valence-corrected chi connectivity index (χ1v) is 18.3. The molecular weight excluding hydrogens is 713 g/mol. The number of pyridine rings is 1. The van der Waals surface area contributed by atoms with Crippen LogP contribution >= 0.6 is 23.2 Å². The molecule has 5 rings (SSSR count). The fourth-order valence-corrected chi connectivity index (χ4v) is 6.58. The first-order valence-electron chi connectivity index (χ1n) is 17.6. The van der Waals surface area contributed by atoms with E-state index in [0.717, 1.165) is 64.1 Å². The molecule has 6 N–H and O–H groups in total. The van der Waals surface area contributed by atoms with Crippen LogP contribution in [0.25, 0.3) is 11.1 Å². The van der Waals surface area contributed by atoms with Gasteiger partial charge in [-0.3, -0.25) is 14.6 Å². The van der Waals surface area contributed by atoms with Gasteiger partial charge in [0.1, 0.15) is 30.2 Å². The van der Waals surface area contributed by atoms with Gasteiger partial charge in [-0.1, -0.05) is 41.4 Å². The number of carbonyl (C=O) groups is 2. The number of rotatable bonds is 20. The fourth-order valence-electron chi connectivity index (χ4n) is 6.06. The number of nitrogens with one attached hydrogen (secondary N) is 1. The lowest BCUT2D eigenvalue weighted by Crippen LogP contribution is -2.52. The van der Waals surface area contributed by atoms with Crippen LogP contribution in [0, 0.1) is 0 Å². The van der Waals surface area contributed by atoms with Gasteiger partial charge in [-0.15, -0.1) is 0 Å². The van der Waals surface area contributed by atoms with E-state index in [0.29, 0.717) is 29.3 Å². The number of hydrogen-bond donors (Lipinski definition) is 6. The van der Waals surface area contributed by atoms with E-state index in [4.69, 9.17) is 37.8 Å². The molecule has 0 aliphatic heterocycles. The van der Waals surface area contributed by atoms with Crippen molar-refractivity contribution in [3.05, 3.63) is 81.6 Å². The molecule has 52 heavy (non-hydrogen) atoms. The van der Waals surface area contributed by atoms with Crippen molar-refractivity contribution in [3.63, 3.8) is 0 Å². The van der Waals surface area contributed by atoms with Gasteiger partial charge in [-0.2, -0.15) is 0 Å². The van der Waals surface area contributed by atoms with Crippen LogP contribution in [0.1, 0.15) is 61.6 Å². The number of carbonyl (C=O) groups excluding carboxylic acids is 2. The van der Waals surface area contributed by atoms with Gasteiger partial charge in [0.2, 0.25) is 11.8 Å². The molecule has 4 atom stereocenters. The van der Waals surface area contributed by atoms with Crippen molar-refractivity contribution in [2.24, 2.45) is 0 Å². The summed E-state index contributed by atoms with van der Waals surface area (Å²) < 4.78 is 12.8. The maximum atomic E-state index is 13.0. The maximum Gasteiger partial charge on any atom is 0.239 e. The Balaban J connectivity index is 1.16. The minimum Gasteiger partial charge on any atom is -0.490 e. The normalized spacial score (nSPS) is 17.2. The summed E-state index contributed by atoms with van der Waals surface area (Å²) in [6, 6.07) is 13.7. The number of aliphatic hydroxyl groups excluding tert-OH is 5. The molecule has 0 bridgehead atoms. The number of aryl methyl sites for hydroxylation is 1. The predicted molar refractivity (Wildman–Crippen MR) is 195 cm³/mol. The van der Waals surface area contributed by atoms with Gasteiger partial charge >= 0.3 is 0 Å². The number of aromatic nitrogens is 1. The fraction of sp³-hybridized carbons (Fsp3) is 0.500. The third kappa shape index (κ3) is 10.2. The van der Waals surface area contributed by atoms with Gasteiger partial charge in [-0.25, -0.2) is 0 Å². The summed E-state index contributed by atoms with van der Waals surface area (Å²) >= 11 is 13.4. The van der Waals surface area contributed by atoms with Gasteiger partial charge < -0.3 is 45.2 Å². The number of halogens is 2. The topological polar surface area (TPSA) is 182 Å². The lowest BCUT2D eigenvalue weighted by atomic mass is 9.96. The molecule has 2 aliphatic rings. The molecule has 0 saturated heterocycles. The minimum atomic E-state index is -1.86. The minimum absolute atomic E-state index is 0.0362. The molecule has 14 heteroatoms. The Kier molecular flexibility index (Phi) is 13.9. The second-order valence-electron chi connectivity index (χ2n) is 13.5. The summed E-state index contributed by atoms with van der Waals surface area (Å²) in [4.78, 5) is 30.6. The van der Waals surface area contributed by atoms with E-state index in [1.54, 1.807) is 6.20 Å². The second-order valence-corrected chi connectivity index (χ2v) is 14.3. The Morgan fingerprint density at radius 2 is 1.67 bits per heavy atom. The second kappa shape index (κ2) is 18.1.